The largest absolute Gasteiger partial charge is 0.507 e. The van der Waals surface area contributed by atoms with Crippen molar-refractivity contribution in [2.45, 2.75) is 12.2 Å². The van der Waals surface area contributed by atoms with E-state index in [9.17, 15) is 0 Å². The molecule has 1 unspecified atom stereocenters. The van der Waals surface area contributed by atoms with Crippen LogP contribution in [0.15, 0.2) is 18.1 Å². The van der Waals surface area contributed by atoms with Crippen molar-refractivity contribution in [2.24, 2.45) is 7.05 Å². The molecular weight excluding hydrogens is 199 g/mol. The molecule has 1 aromatic rings. The summed E-state index contributed by atoms with van der Waals surface area (Å²) in [4.78, 5) is 0. The molecule has 2 N–H and O–H groups in total. The van der Waals surface area contributed by atoms with Crippen molar-refractivity contribution >= 4 is 24.5 Å². The molecule has 14 heavy (non-hydrogen) atoms. The van der Waals surface area contributed by atoms with E-state index in [4.69, 9.17) is 10.0 Å². The van der Waals surface area contributed by atoms with Crippen LogP contribution in [-0.4, -0.2) is 26.9 Å². The summed E-state index contributed by atoms with van der Waals surface area (Å²) >= 11 is 1.54. The molecule has 0 fully saturated rings. The summed E-state index contributed by atoms with van der Waals surface area (Å²) < 4.78 is 1.47. The van der Waals surface area contributed by atoms with Crippen molar-refractivity contribution in [3.63, 3.8) is 0 Å². The van der Waals surface area contributed by atoms with Crippen molar-refractivity contribution in [3.8, 4) is 0 Å². The smallest absolute Gasteiger partial charge is 0.422 e. The monoisotopic (exact) mass is 212 g/mol. The summed E-state index contributed by atoms with van der Waals surface area (Å²) in [6.45, 7) is 5.61. The molecule has 0 amide bonds. The standard InChI is InChI=1S/C8H13BN2O2S/c1-4-14-6(2)7-5-8(9(12)13)11(3)10-7/h4-6,12-13H,1H2,2-3H3. The lowest BCUT2D eigenvalue weighted by Crippen LogP contribution is -2.35. The average molecular weight is 212 g/mol. The Labute approximate surface area is 87.8 Å². The first-order valence-electron chi connectivity index (χ1n) is 4.22. The number of thioether (sulfide) groups is 1. The van der Waals surface area contributed by atoms with E-state index in [1.54, 1.807) is 30.3 Å². The van der Waals surface area contributed by atoms with Crippen LogP contribution in [-0.2, 0) is 7.05 Å². The Hall–Kier alpha value is -0.715. The third kappa shape index (κ3) is 2.40. The van der Waals surface area contributed by atoms with E-state index >= 15 is 0 Å². The Balaban J connectivity index is 2.90. The predicted molar refractivity (Wildman–Crippen MR) is 59.2 cm³/mol. The molecule has 6 heteroatoms. The van der Waals surface area contributed by atoms with E-state index in [1.165, 1.54) is 4.68 Å². The maximum Gasteiger partial charge on any atom is 0.507 e. The Morgan fingerprint density at radius 1 is 1.71 bits per heavy atom. The molecule has 1 aromatic heterocycles. The van der Waals surface area contributed by atoms with Gasteiger partial charge in [0.15, 0.2) is 0 Å². The fourth-order valence-electron chi connectivity index (χ4n) is 1.16. The van der Waals surface area contributed by atoms with Gasteiger partial charge in [0.1, 0.15) is 0 Å². The molecule has 0 saturated heterocycles. The lowest BCUT2D eigenvalue weighted by Gasteiger charge is -2.02. The molecule has 0 saturated carbocycles. The van der Waals surface area contributed by atoms with Gasteiger partial charge in [-0.05, 0) is 18.4 Å². The maximum atomic E-state index is 9.00. The summed E-state index contributed by atoms with van der Waals surface area (Å²) in [5, 5.41) is 24.1. The average Bonchev–Trinajstić information content (AvgIpc) is 2.48. The molecule has 0 aliphatic carbocycles. The first-order valence-corrected chi connectivity index (χ1v) is 5.17. The number of rotatable bonds is 4. The van der Waals surface area contributed by atoms with E-state index < -0.39 is 7.12 Å². The quantitative estimate of drug-likeness (QED) is 0.691. The number of nitrogens with zero attached hydrogens (tertiary/aromatic N) is 2. The van der Waals surface area contributed by atoms with Gasteiger partial charge in [-0.15, -0.1) is 11.8 Å². The van der Waals surface area contributed by atoms with Gasteiger partial charge in [0, 0.05) is 7.05 Å². The highest BCUT2D eigenvalue weighted by Crippen LogP contribution is 2.26. The zero-order valence-electron chi connectivity index (χ0n) is 8.21. The van der Waals surface area contributed by atoms with Crippen molar-refractivity contribution in [3.05, 3.63) is 23.7 Å². The highest BCUT2D eigenvalue weighted by molar-refractivity contribution is 8.02. The molecule has 0 aromatic carbocycles. The second-order valence-corrected chi connectivity index (χ2v) is 4.25. The Kier molecular flexibility index (Phi) is 3.80. The SMILES string of the molecule is C=CSC(C)c1cc(B(O)O)n(C)n1. The van der Waals surface area contributed by atoms with E-state index in [0.717, 1.165) is 5.69 Å². The molecule has 0 bridgehead atoms. The van der Waals surface area contributed by atoms with Crippen molar-refractivity contribution in [1.82, 2.24) is 9.78 Å². The molecule has 4 nitrogen and oxygen atoms in total. The molecule has 76 valence electrons. The van der Waals surface area contributed by atoms with Gasteiger partial charge in [-0.1, -0.05) is 6.58 Å². The van der Waals surface area contributed by atoms with Crippen LogP contribution in [0.1, 0.15) is 17.9 Å². The lowest BCUT2D eigenvalue weighted by atomic mass is 9.86. The molecular formula is C8H13BN2O2S. The van der Waals surface area contributed by atoms with E-state index in [2.05, 4.69) is 11.7 Å². The van der Waals surface area contributed by atoms with Gasteiger partial charge in [0.2, 0.25) is 0 Å². The molecule has 0 aliphatic rings. The van der Waals surface area contributed by atoms with Crippen LogP contribution < -0.4 is 5.59 Å². The minimum Gasteiger partial charge on any atom is -0.422 e. The van der Waals surface area contributed by atoms with Crippen LogP contribution in [0.2, 0.25) is 0 Å². The minimum atomic E-state index is -1.47. The zero-order valence-corrected chi connectivity index (χ0v) is 9.03. The number of hydrogen-bond donors (Lipinski definition) is 2. The van der Waals surface area contributed by atoms with Crippen molar-refractivity contribution < 1.29 is 10.0 Å². The number of aromatic nitrogens is 2. The highest BCUT2D eigenvalue weighted by Gasteiger charge is 2.19. The fraction of sp³-hybridized carbons (Fsp3) is 0.375. The molecule has 1 heterocycles. The normalized spacial score (nSPS) is 12.6. The third-order valence-corrected chi connectivity index (χ3v) is 2.76. The highest BCUT2D eigenvalue weighted by atomic mass is 32.2. The molecule has 0 radical (unpaired) electrons. The van der Waals surface area contributed by atoms with E-state index in [-0.39, 0.29) is 5.25 Å². The Morgan fingerprint density at radius 3 is 2.79 bits per heavy atom. The van der Waals surface area contributed by atoms with Crippen LogP contribution in [0.5, 0.6) is 0 Å². The van der Waals surface area contributed by atoms with Gasteiger partial charge >= 0.3 is 7.12 Å². The van der Waals surface area contributed by atoms with Crippen LogP contribution in [0, 0.1) is 0 Å². The topological polar surface area (TPSA) is 58.3 Å². The van der Waals surface area contributed by atoms with Crippen molar-refractivity contribution in [1.29, 1.82) is 0 Å². The number of hydrogen-bond acceptors (Lipinski definition) is 4. The Morgan fingerprint density at radius 2 is 2.36 bits per heavy atom. The van der Waals surface area contributed by atoms with Gasteiger partial charge in [-0.2, -0.15) is 5.10 Å². The summed E-state index contributed by atoms with van der Waals surface area (Å²) in [7, 11) is 0.214. The zero-order chi connectivity index (χ0) is 10.7. The van der Waals surface area contributed by atoms with E-state index in [0.29, 0.717) is 5.59 Å². The molecule has 0 aliphatic heterocycles. The fourth-order valence-corrected chi connectivity index (χ4v) is 1.70. The van der Waals surface area contributed by atoms with E-state index in [1.807, 2.05) is 6.92 Å². The summed E-state index contributed by atoms with van der Waals surface area (Å²) in [5.41, 5.74) is 1.22. The van der Waals surface area contributed by atoms with Gasteiger partial charge in [-0.25, -0.2) is 0 Å². The second-order valence-electron chi connectivity index (χ2n) is 2.94. The first-order chi connectivity index (χ1) is 6.56. The molecule has 1 rings (SSSR count). The van der Waals surface area contributed by atoms with Crippen LogP contribution in [0.25, 0.3) is 0 Å². The maximum absolute atomic E-state index is 9.00. The van der Waals surface area contributed by atoms with Gasteiger partial charge < -0.3 is 10.0 Å². The van der Waals surface area contributed by atoms with Crippen LogP contribution >= 0.6 is 11.8 Å². The summed E-state index contributed by atoms with van der Waals surface area (Å²) in [5.74, 6) is 0. The Bertz CT molecular complexity index is 327. The van der Waals surface area contributed by atoms with Crippen LogP contribution in [0.4, 0.5) is 0 Å². The first kappa shape index (κ1) is 11.4. The van der Waals surface area contributed by atoms with Gasteiger partial charge in [0.25, 0.3) is 0 Å². The minimum absolute atomic E-state index is 0.172. The van der Waals surface area contributed by atoms with Gasteiger partial charge in [0.05, 0.1) is 16.5 Å². The van der Waals surface area contributed by atoms with Crippen LogP contribution in [0.3, 0.4) is 0 Å². The van der Waals surface area contributed by atoms with Crippen molar-refractivity contribution in [2.75, 3.05) is 0 Å². The number of aryl methyl sites for hydroxylation is 1. The predicted octanol–water partition coefficient (Wildman–Crippen LogP) is 0.0376. The molecule has 0 spiro atoms. The second kappa shape index (κ2) is 4.68. The molecule has 1 atom stereocenters. The third-order valence-electron chi connectivity index (χ3n) is 1.92. The lowest BCUT2D eigenvalue weighted by molar-refractivity contribution is 0.421. The summed E-state index contributed by atoms with van der Waals surface area (Å²) in [6, 6.07) is 1.69. The van der Waals surface area contributed by atoms with Gasteiger partial charge in [-0.3, -0.25) is 4.68 Å². The summed E-state index contributed by atoms with van der Waals surface area (Å²) in [6.07, 6.45) is 0.